The maximum atomic E-state index is 13.2. The van der Waals surface area contributed by atoms with Crippen molar-refractivity contribution >= 4 is 61.9 Å². The standard InChI is InChI=1S/C24H22BrN3O2S/c1-15(2)16-6-5-7-17(12-16)26-23(29)14-28-20-9-4-3-8-18(20)27-19(13-24(28)30)21-10-11-22(25)31-21/h3-12,15H,13-14H2,1-2H3,(H,26,29). The van der Waals surface area contributed by atoms with E-state index in [-0.39, 0.29) is 24.8 Å². The summed E-state index contributed by atoms with van der Waals surface area (Å²) in [6.45, 7) is 4.15. The van der Waals surface area contributed by atoms with Gasteiger partial charge in [-0.2, -0.15) is 0 Å². The predicted molar refractivity (Wildman–Crippen MR) is 131 cm³/mol. The molecule has 0 fully saturated rings. The van der Waals surface area contributed by atoms with Crippen molar-refractivity contribution in [2.75, 3.05) is 16.8 Å². The monoisotopic (exact) mass is 495 g/mol. The van der Waals surface area contributed by atoms with Gasteiger partial charge in [0.2, 0.25) is 11.8 Å². The normalized spacial score (nSPS) is 13.6. The van der Waals surface area contributed by atoms with Crippen LogP contribution in [0.3, 0.4) is 0 Å². The fourth-order valence-corrected chi connectivity index (χ4v) is 4.82. The van der Waals surface area contributed by atoms with Crippen molar-refractivity contribution in [3.8, 4) is 0 Å². The van der Waals surface area contributed by atoms with E-state index in [1.165, 1.54) is 16.2 Å². The molecule has 1 aromatic heterocycles. The highest BCUT2D eigenvalue weighted by Gasteiger charge is 2.27. The van der Waals surface area contributed by atoms with Gasteiger partial charge in [-0.1, -0.05) is 38.1 Å². The molecule has 0 unspecified atom stereocenters. The minimum absolute atomic E-state index is 0.0707. The molecule has 2 aromatic carbocycles. The number of benzene rings is 2. The smallest absolute Gasteiger partial charge is 0.244 e. The molecule has 1 aliphatic heterocycles. The summed E-state index contributed by atoms with van der Waals surface area (Å²) < 4.78 is 0.982. The molecule has 2 amide bonds. The lowest BCUT2D eigenvalue weighted by molar-refractivity contribution is -0.120. The van der Waals surface area contributed by atoms with Crippen LogP contribution in [0, 0.1) is 0 Å². The van der Waals surface area contributed by atoms with E-state index in [0.717, 1.165) is 19.9 Å². The summed E-state index contributed by atoms with van der Waals surface area (Å²) in [5, 5.41) is 2.93. The Morgan fingerprint density at radius 2 is 1.97 bits per heavy atom. The first-order valence-corrected chi connectivity index (χ1v) is 11.6. The van der Waals surface area contributed by atoms with Crippen molar-refractivity contribution in [1.82, 2.24) is 0 Å². The molecule has 0 spiro atoms. The van der Waals surface area contributed by atoms with Gasteiger partial charge in [0.1, 0.15) is 6.54 Å². The minimum Gasteiger partial charge on any atom is -0.325 e. The Morgan fingerprint density at radius 3 is 2.71 bits per heavy atom. The second kappa shape index (κ2) is 9.16. The number of rotatable bonds is 5. The van der Waals surface area contributed by atoms with Crippen LogP contribution in [-0.2, 0) is 9.59 Å². The van der Waals surface area contributed by atoms with Gasteiger partial charge in [0.05, 0.1) is 32.2 Å². The van der Waals surface area contributed by atoms with Gasteiger partial charge in [0.25, 0.3) is 0 Å². The molecule has 31 heavy (non-hydrogen) atoms. The summed E-state index contributed by atoms with van der Waals surface area (Å²) in [5.74, 6) is -0.0329. The second-order valence-corrected chi connectivity index (χ2v) is 10.1. The van der Waals surface area contributed by atoms with E-state index in [2.05, 4.69) is 35.1 Å². The van der Waals surface area contributed by atoms with Crippen molar-refractivity contribution in [3.63, 3.8) is 0 Å². The van der Waals surface area contributed by atoms with Crippen LogP contribution < -0.4 is 10.2 Å². The van der Waals surface area contributed by atoms with E-state index in [4.69, 9.17) is 4.99 Å². The van der Waals surface area contributed by atoms with E-state index >= 15 is 0 Å². The lowest BCUT2D eigenvalue weighted by Crippen LogP contribution is -2.38. The zero-order valence-electron chi connectivity index (χ0n) is 17.3. The van der Waals surface area contributed by atoms with Gasteiger partial charge in [-0.3, -0.25) is 9.59 Å². The fraction of sp³-hybridized carbons (Fsp3) is 0.208. The number of carbonyl (C=O) groups excluding carboxylic acids is 2. The summed E-state index contributed by atoms with van der Waals surface area (Å²) in [4.78, 5) is 33.2. The van der Waals surface area contributed by atoms with Gasteiger partial charge >= 0.3 is 0 Å². The first-order chi connectivity index (χ1) is 14.9. The molecule has 1 aliphatic rings. The molecule has 4 rings (SSSR count). The van der Waals surface area contributed by atoms with E-state index in [9.17, 15) is 9.59 Å². The number of thiophene rings is 1. The molecule has 7 heteroatoms. The predicted octanol–water partition coefficient (Wildman–Crippen LogP) is 6.13. The third-order valence-electron chi connectivity index (χ3n) is 5.04. The van der Waals surface area contributed by atoms with E-state index in [0.29, 0.717) is 23.0 Å². The van der Waals surface area contributed by atoms with Crippen molar-refractivity contribution in [2.45, 2.75) is 26.2 Å². The number of nitrogens with zero attached hydrogens (tertiary/aromatic N) is 2. The molecule has 0 bridgehead atoms. The molecule has 5 nitrogen and oxygen atoms in total. The van der Waals surface area contributed by atoms with Crippen LogP contribution in [0.25, 0.3) is 0 Å². The Morgan fingerprint density at radius 1 is 1.16 bits per heavy atom. The van der Waals surface area contributed by atoms with Crippen molar-refractivity contribution < 1.29 is 9.59 Å². The lowest BCUT2D eigenvalue weighted by atomic mass is 10.0. The van der Waals surface area contributed by atoms with Gasteiger partial charge in [0, 0.05) is 5.69 Å². The Balaban J connectivity index is 1.57. The van der Waals surface area contributed by atoms with Crippen LogP contribution in [0.1, 0.15) is 36.6 Å². The molecule has 0 atom stereocenters. The van der Waals surface area contributed by atoms with Gasteiger partial charge in [0.15, 0.2) is 0 Å². The highest BCUT2D eigenvalue weighted by molar-refractivity contribution is 9.11. The van der Waals surface area contributed by atoms with Crippen molar-refractivity contribution in [2.24, 2.45) is 4.99 Å². The Labute approximate surface area is 193 Å². The van der Waals surface area contributed by atoms with Crippen LogP contribution in [0.2, 0.25) is 0 Å². The fourth-order valence-electron chi connectivity index (χ4n) is 3.45. The van der Waals surface area contributed by atoms with E-state index in [1.807, 2.05) is 60.7 Å². The molecular weight excluding hydrogens is 474 g/mol. The summed E-state index contributed by atoms with van der Waals surface area (Å²) in [5.41, 5.74) is 3.91. The average Bonchev–Trinajstić information content (AvgIpc) is 3.12. The minimum atomic E-state index is -0.244. The highest BCUT2D eigenvalue weighted by Crippen LogP contribution is 2.34. The summed E-state index contributed by atoms with van der Waals surface area (Å²) in [6.07, 6.45) is 0.137. The van der Waals surface area contributed by atoms with Crippen molar-refractivity contribution in [1.29, 1.82) is 0 Å². The number of hydrogen-bond donors (Lipinski definition) is 1. The van der Waals surface area contributed by atoms with Crippen LogP contribution >= 0.6 is 27.3 Å². The number of fused-ring (bicyclic) bond motifs is 1. The molecular formula is C24H22BrN3O2S. The molecule has 0 radical (unpaired) electrons. The highest BCUT2D eigenvalue weighted by atomic mass is 79.9. The largest absolute Gasteiger partial charge is 0.325 e. The maximum absolute atomic E-state index is 13.2. The average molecular weight is 496 g/mol. The van der Waals surface area contributed by atoms with Crippen molar-refractivity contribution in [3.05, 3.63) is 74.9 Å². The number of amides is 2. The van der Waals surface area contributed by atoms with Gasteiger partial charge in [-0.05, 0) is 63.8 Å². The zero-order chi connectivity index (χ0) is 22.0. The number of anilines is 2. The van der Waals surface area contributed by atoms with Gasteiger partial charge in [-0.15, -0.1) is 11.3 Å². The first kappa shape index (κ1) is 21.5. The number of nitrogens with one attached hydrogen (secondary N) is 1. The number of carbonyl (C=O) groups is 2. The number of aliphatic imine (C=N–C) groups is 1. The Bertz CT molecular complexity index is 1170. The zero-order valence-corrected chi connectivity index (χ0v) is 19.7. The first-order valence-electron chi connectivity index (χ1n) is 10.0. The van der Waals surface area contributed by atoms with E-state index < -0.39 is 0 Å². The third-order valence-corrected chi connectivity index (χ3v) is 6.72. The molecule has 0 saturated heterocycles. The van der Waals surface area contributed by atoms with Gasteiger partial charge in [-0.25, -0.2) is 4.99 Å². The lowest BCUT2D eigenvalue weighted by Gasteiger charge is -2.22. The topological polar surface area (TPSA) is 61.8 Å². The van der Waals surface area contributed by atoms with Crippen LogP contribution in [0.15, 0.2) is 69.4 Å². The number of hydrogen-bond acceptors (Lipinski definition) is 4. The molecule has 158 valence electrons. The molecule has 0 saturated carbocycles. The second-order valence-electron chi connectivity index (χ2n) is 7.64. The maximum Gasteiger partial charge on any atom is 0.244 e. The van der Waals surface area contributed by atoms with Gasteiger partial charge < -0.3 is 10.2 Å². The summed E-state index contributed by atoms with van der Waals surface area (Å²) >= 11 is 5.01. The molecule has 2 heterocycles. The van der Waals surface area contributed by atoms with E-state index in [1.54, 1.807) is 0 Å². The number of halogens is 1. The van der Waals surface area contributed by atoms with Crippen LogP contribution in [0.5, 0.6) is 0 Å². The summed E-state index contributed by atoms with van der Waals surface area (Å²) in [6, 6.07) is 19.1. The number of para-hydroxylation sites is 2. The quantitative estimate of drug-likeness (QED) is 0.462. The molecule has 1 N–H and O–H groups in total. The van der Waals surface area contributed by atoms with Crippen LogP contribution in [-0.4, -0.2) is 24.1 Å². The molecule has 0 aliphatic carbocycles. The Kier molecular flexibility index (Phi) is 6.34. The third kappa shape index (κ3) is 4.94. The van der Waals surface area contributed by atoms with Crippen LogP contribution in [0.4, 0.5) is 17.1 Å². The SMILES string of the molecule is CC(C)c1cccc(NC(=O)CN2C(=O)CC(c3ccc(Br)s3)=Nc3ccccc32)c1. The summed E-state index contributed by atoms with van der Waals surface area (Å²) in [7, 11) is 0. The molecule has 3 aromatic rings. The Hall–Kier alpha value is -2.77.